The Kier molecular flexibility index (Phi) is 6.17. The summed E-state index contributed by atoms with van der Waals surface area (Å²) >= 11 is 0. The first-order chi connectivity index (χ1) is 11.5. The van der Waals surface area contributed by atoms with Gasteiger partial charge in [0.2, 0.25) is 0 Å². The number of aromatic nitrogens is 2. The van der Waals surface area contributed by atoms with Gasteiger partial charge in [-0.05, 0) is 37.1 Å². The van der Waals surface area contributed by atoms with Crippen LogP contribution in [0, 0.1) is 0 Å². The molecule has 0 saturated heterocycles. The van der Waals surface area contributed by atoms with Crippen LogP contribution in [-0.4, -0.2) is 9.97 Å². The second kappa shape index (κ2) is 8.13. The summed E-state index contributed by atoms with van der Waals surface area (Å²) in [6.07, 6.45) is 2.40. The van der Waals surface area contributed by atoms with Crippen LogP contribution in [0.15, 0.2) is 36.7 Å². The monoisotopic (exact) mass is 338 g/mol. The lowest BCUT2D eigenvalue weighted by atomic mass is 9.94. The Labute approximate surface area is 139 Å². The SMILES string of the molecule is CCCC(CCC)c1ncccc1Oc1ccc(C(F)(F)F)nc1. The highest BCUT2D eigenvalue weighted by molar-refractivity contribution is 5.35. The molecule has 130 valence electrons. The van der Waals surface area contributed by atoms with Gasteiger partial charge in [0.05, 0.1) is 11.9 Å². The number of hydrogen-bond acceptors (Lipinski definition) is 3. The summed E-state index contributed by atoms with van der Waals surface area (Å²) in [5.74, 6) is 1.12. The summed E-state index contributed by atoms with van der Waals surface area (Å²) in [7, 11) is 0. The molecule has 0 aliphatic heterocycles. The minimum absolute atomic E-state index is 0.268. The van der Waals surface area contributed by atoms with Gasteiger partial charge in [-0.15, -0.1) is 0 Å². The first-order valence-corrected chi connectivity index (χ1v) is 8.11. The molecular formula is C18H21F3N2O. The number of pyridine rings is 2. The molecule has 0 N–H and O–H groups in total. The normalized spacial score (nSPS) is 11.8. The summed E-state index contributed by atoms with van der Waals surface area (Å²) in [4.78, 5) is 7.87. The Bertz CT molecular complexity index is 635. The second-order valence-electron chi connectivity index (χ2n) is 5.64. The van der Waals surface area contributed by atoms with E-state index in [4.69, 9.17) is 4.74 Å². The molecule has 3 nitrogen and oxygen atoms in total. The molecule has 24 heavy (non-hydrogen) atoms. The standard InChI is InChI=1S/C18H21F3N2O/c1-3-6-13(7-4-2)17-15(8-5-11-22-17)24-14-9-10-16(23-12-14)18(19,20)21/h5,8-13H,3-4,6-7H2,1-2H3. The fraction of sp³-hybridized carbons (Fsp3) is 0.444. The second-order valence-corrected chi connectivity index (χ2v) is 5.64. The fourth-order valence-corrected chi connectivity index (χ4v) is 2.65. The molecule has 0 spiro atoms. The Balaban J connectivity index is 2.23. The lowest BCUT2D eigenvalue weighted by Gasteiger charge is -2.18. The van der Waals surface area contributed by atoms with Gasteiger partial charge in [0.1, 0.15) is 17.2 Å². The van der Waals surface area contributed by atoms with E-state index in [9.17, 15) is 13.2 Å². The van der Waals surface area contributed by atoms with Crippen molar-refractivity contribution in [1.29, 1.82) is 0 Å². The number of hydrogen-bond donors (Lipinski definition) is 0. The minimum atomic E-state index is -4.45. The van der Waals surface area contributed by atoms with Crippen molar-refractivity contribution in [2.75, 3.05) is 0 Å². The molecule has 2 aromatic heterocycles. The highest BCUT2D eigenvalue weighted by Gasteiger charge is 2.32. The van der Waals surface area contributed by atoms with Crippen molar-refractivity contribution in [3.05, 3.63) is 48.0 Å². The number of ether oxygens (including phenoxy) is 1. The van der Waals surface area contributed by atoms with Crippen molar-refractivity contribution in [2.24, 2.45) is 0 Å². The molecule has 0 atom stereocenters. The lowest BCUT2D eigenvalue weighted by Crippen LogP contribution is -2.07. The lowest BCUT2D eigenvalue weighted by molar-refractivity contribution is -0.141. The maximum absolute atomic E-state index is 12.6. The average molecular weight is 338 g/mol. The Hall–Kier alpha value is -2.11. The molecule has 2 aromatic rings. The fourth-order valence-electron chi connectivity index (χ4n) is 2.65. The van der Waals surface area contributed by atoms with E-state index < -0.39 is 11.9 Å². The van der Waals surface area contributed by atoms with Crippen molar-refractivity contribution >= 4 is 0 Å². The van der Waals surface area contributed by atoms with Gasteiger partial charge < -0.3 is 4.74 Å². The molecule has 0 bridgehead atoms. The minimum Gasteiger partial charge on any atom is -0.454 e. The Morgan fingerprint density at radius 3 is 2.29 bits per heavy atom. The van der Waals surface area contributed by atoms with Crippen LogP contribution >= 0.6 is 0 Å². The van der Waals surface area contributed by atoms with Gasteiger partial charge >= 0.3 is 6.18 Å². The first-order valence-electron chi connectivity index (χ1n) is 8.11. The van der Waals surface area contributed by atoms with Crippen molar-refractivity contribution < 1.29 is 17.9 Å². The molecule has 0 aliphatic rings. The van der Waals surface area contributed by atoms with Crippen LogP contribution < -0.4 is 4.74 Å². The van der Waals surface area contributed by atoms with Crippen LogP contribution in [0.3, 0.4) is 0 Å². The third-order valence-electron chi connectivity index (χ3n) is 3.72. The smallest absolute Gasteiger partial charge is 0.433 e. The number of alkyl halides is 3. The van der Waals surface area contributed by atoms with Gasteiger partial charge in [-0.1, -0.05) is 26.7 Å². The van der Waals surface area contributed by atoms with Crippen LogP contribution in [0.5, 0.6) is 11.5 Å². The molecule has 0 aliphatic carbocycles. The van der Waals surface area contributed by atoms with Gasteiger partial charge in [-0.25, -0.2) is 4.98 Å². The summed E-state index contributed by atoms with van der Waals surface area (Å²) in [6, 6.07) is 5.74. The summed E-state index contributed by atoms with van der Waals surface area (Å²) in [6.45, 7) is 4.23. The molecule has 2 rings (SSSR count). The summed E-state index contributed by atoms with van der Waals surface area (Å²) in [5.41, 5.74) is -0.0859. The van der Waals surface area contributed by atoms with Gasteiger partial charge in [-0.3, -0.25) is 4.98 Å². The maximum Gasteiger partial charge on any atom is 0.433 e. The highest BCUT2D eigenvalue weighted by Crippen LogP contribution is 2.34. The molecule has 0 amide bonds. The topological polar surface area (TPSA) is 35.0 Å². The van der Waals surface area contributed by atoms with E-state index in [2.05, 4.69) is 23.8 Å². The molecule has 0 aromatic carbocycles. The van der Waals surface area contributed by atoms with Gasteiger partial charge in [0.15, 0.2) is 0 Å². The highest BCUT2D eigenvalue weighted by atomic mass is 19.4. The van der Waals surface area contributed by atoms with Crippen LogP contribution in [0.4, 0.5) is 13.2 Å². The van der Waals surface area contributed by atoms with Crippen LogP contribution in [0.2, 0.25) is 0 Å². The summed E-state index contributed by atoms with van der Waals surface area (Å²) < 4.78 is 43.5. The molecular weight excluding hydrogens is 317 g/mol. The van der Waals surface area contributed by atoms with Gasteiger partial charge in [0.25, 0.3) is 0 Å². The molecule has 0 saturated carbocycles. The third-order valence-corrected chi connectivity index (χ3v) is 3.72. The van der Waals surface area contributed by atoms with Crippen LogP contribution in [0.25, 0.3) is 0 Å². The number of halogens is 3. The molecule has 0 unspecified atom stereocenters. The van der Waals surface area contributed by atoms with E-state index in [0.717, 1.165) is 43.6 Å². The van der Waals surface area contributed by atoms with Crippen LogP contribution in [0.1, 0.15) is 56.8 Å². The maximum atomic E-state index is 12.6. The zero-order valence-corrected chi connectivity index (χ0v) is 13.8. The number of rotatable bonds is 7. The van der Waals surface area contributed by atoms with Crippen LogP contribution in [-0.2, 0) is 6.18 Å². The largest absolute Gasteiger partial charge is 0.454 e. The van der Waals surface area contributed by atoms with E-state index in [1.165, 1.54) is 6.07 Å². The van der Waals surface area contributed by atoms with Gasteiger partial charge in [0, 0.05) is 12.1 Å². The Morgan fingerprint density at radius 2 is 1.75 bits per heavy atom. The van der Waals surface area contributed by atoms with E-state index in [0.29, 0.717) is 5.75 Å². The first kappa shape index (κ1) is 18.2. The van der Waals surface area contributed by atoms with Crippen molar-refractivity contribution in [3.8, 4) is 11.5 Å². The van der Waals surface area contributed by atoms with E-state index in [1.807, 2.05) is 0 Å². The molecule has 6 heteroatoms. The zero-order chi connectivity index (χ0) is 17.6. The van der Waals surface area contributed by atoms with Crippen molar-refractivity contribution in [1.82, 2.24) is 9.97 Å². The average Bonchev–Trinajstić information content (AvgIpc) is 2.55. The predicted molar refractivity (Wildman–Crippen MR) is 86.1 cm³/mol. The predicted octanol–water partition coefficient (Wildman–Crippen LogP) is 5.97. The Morgan fingerprint density at radius 1 is 1.04 bits per heavy atom. The molecule has 0 radical (unpaired) electrons. The molecule has 0 fully saturated rings. The zero-order valence-electron chi connectivity index (χ0n) is 13.8. The van der Waals surface area contributed by atoms with Crippen molar-refractivity contribution in [2.45, 2.75) is 51.6 Å². The van der Waals surface area contributed by atoms with E-state index in [1.54, 1.807) is 18.3 Å². The quantitative estimate of drug-likeness (QED) is 0.623. The van der Waals surface area contributed by atoms with E-state index in [-0.39, 0.29) is 11.7 Å². The van der Waals surface area contributed by atoms with Crippen molar-refractivity contribution in [3.63, 3.8) is 0 Å². The number of nitrogens with zero attached hydrogens (tertiary/aromatic N) is 2. The summed E-state index contributed by atoms with van der Waals surface area (Å²) in [5, 5.41) is 0. The van der Waals surface area contributed by atoms with E-state index >= 15 is 0 Å². The van der Waals surface area contributed by atoms with Gasteiger partial charge in [-0.2, -0.15) is 13.2 Å². The molecule has 2 heterocycles. The third kappa shape index (κ3) is 4.69.